The molecule has 2 saturated carbocycles. The lowest BCUT2D eigenvalue weighted by Gasteiger charge is -2.49. The maximum absolute atomic E-state index is 5.80. The van der Waals surface area contributed by atoms with Crippen molar-refractivity contribution < 1.29 is 9.47 Å². The third-order valence-electron chi connectivity index (χ3n) is 5.65. The number of rotatable bonds is 9. The molecule has 2 aliphatic carbocycles. The summed E-state index contributed by atoms with van der Waals surface area (Å²) in [5.41, 5.74) is 0.362. The van der Waals surface area contributed by atoms with Gasteiger partial charge in [-0.2, -0.15) is 0 Å². The van der Waals surface area contributed by atoms with Gasteiger partial charge >= 0.3 is 0 Å². The first kappa shape index (κ1) is 15.7. The molecule has 2 unspecified atom stereocenters. The van der Waals surface area contributed by atoms with Crippen LogP contribution in [0.4, 0.5) is 0 Å². The minimum Gasteiger partial charge on any atom is -0.385 e. The number of nitrogens with zero attached hydrogens (tertiary/aromatic N) is 1. The third-order valence-corrected chi connectivity index (χ3v) is 5.65. The quantitative estimate of drug-likeness (QED) is 0.659. The molecule has 1 N–H and O–H groups in total. The summed E-state index contributed by atoms with van der Waals surface area (Å²) in [6.07, 6.45) is 6.69. The Morgan fingerprint density at radius 2 is 1.95 bits per heavy atom. The van der Waals surface area contributed by atoms with Gasteiger partial charge in [0.25, 0.3) is 0 Å². The van der Waals surface area contributed by atoms with E-state index >= 15 is 0 Å². The summed E-state index contributed by atoms with van der Waals surface area (Å²) in [6.45, 7) is 8.44. The molecule has 0 amide bonds. The average Bonchev–Trinajstić information content (AvgIpc) is 3.36. The largest absolute Gasteiger partial charge is 0.385 e. The van der Waals surface area contributed by atoms with Gasteiger partial charge in [-0.15, -0.1) is 0 Å². The maximum atomic E-state index is 5.80. The summed E-state index contributed by atoms with van der Waals surface area (Å²) in [5, 5.41) is 3.84. The molecule has 0 spiro atoms. The lowest BCUT2D eigenvalue weighted by atomic mass is 9.88. The van der Waals surface area contributed by atoms with E-state index in [1.54, 1.807) is 7.11 Å². The van der Waals surface area contributed by atoms with E-state index in [4.69, 9.17) is 9.47 Å². The number of methoxy groups -OCH3 is 1. The van der Waals surface area contributed by atoms with E-state index in [1.807, 2.05) is 0 Å². The molecule has 3 rings (SSSR count). The van der Waals surface area contributed by atoms with Crippen molar-refractivity contribution in [3.8, 4) is 0 Å². The Morgan fingerprint density at radius 3 is 2.62 bits per heavy atom. The van der Waals surface area contributed by atoms with E-state index in [1.165, 1.54) is 38.8 Å². The van der Waals surface area contributed by atoms with E-state index in [9.17, 15) is 0 Å². The molecule has 1 heterocycles. The first-order chi connectivity index (χ1) is 10.2. The Morgan fingerprint density at radius 1 is 1.14 bits per heavy atom. The van der Waals surface area contributed by atoms with Crippen molar-refractivity contribution in [2.75, 3.05) is 46.6 Å². The first-order valence-electron chi connectivity index (χ1n) is 8.79. The molecule has 3 aliphatic rings. The van der Waals surface area contributed by atoms with Gasteiger partial charge < -0.3 is 14.8 Å². The molecule has 4 nitrogen and oxygen atoms in total. The van der Waals surface area contributed by atoms with Crippen LogP contribution in [0, 0.1) is 11.8 Å². The first-order valence-corrected chi connectivity index (χ1v) is 8.79. The van der Waals surface area contributed by atoms with Crippen LogP contribution >= 0.6 is 0 Å². The minimum atomic E-state index is 0.362. The van der Waals surface area contributed by atoms with Crippen LogP contribution in [0.1, 0.15) is 39.0 Å². The fourth-order valence-electron chi connectivity index (χ4n) is 3.81. The highest BCUT2D eigenvalue weighted by atomic mass is 16.5. The molecule has 0 aromatic heterocycles. The number of ether oxygens (including phenoxy) is 2. The van der Waals surface area contributed by atoms with Gasteiger partial charge in [-0.25, -0.2) is 0 Å². The number of nitrogens with one attached hydrogen (secondary N) is 1. The molecule has 2 atom stereocenters. The second-order valence-electron chi connectivity index (χ2n) is 7.36. The summed E-state index contributed by atoms with van der Waals surface area (Å²) < 4.78 is 10.9. The average molecular weight is 296 g/mol. The second kappa shape index (κ2) is 6.95. The second-order valence-corrected chi connectivity index (χ2v) is 7.36. The number of hydrogen-bond donors (Lipinski definition) is 1. The standard InChI is InChI=1S/C17H32N2O2/c1-17(15-6-7-15)13-18-16(14-4-5-14)12-19(17)8-11-21-10-3-9-20-2/h14-16,18H,3-13H2,1-2H3. The Labute approximate surface area is 129 Å². The van der Waals surface area contributed by atoms with Crippen molar-refractivity contribution in [3.05, 3.63) is 0 Å². The topological polar surface area (TPSA) is 33.7 Å². The van der Waals surface area contributed by atoms with Gasteiger partial charge in [-0.1, -0.05) is 0 Å². The predicted molar refractivity (Wildman–Crippen MR) is 84.5 cm³/mol. The van der Waals surface area contributed by atoms with Crippen molar-refractivity contribution in [1.29, 1.82) is 0 Å². The van der Waals surface area contributed by atoms with Crippen molar-refractivity contribution in [3.63, 3.8) is 0 Å². The van der Waals surface area contributed by atoms with Crippen molar-refractivity contribution in [2.45, 2.75) is 50.6 Å². The van der Waals surface area contributed by atoms with Crippen LogP contribution < -0.4 is 5.32 Å². The van der Waals surface area contributed by atoms with Gasteiger partial charge in [0.1, 0.15) is 0 Å². The molecule has 1 aliphatic heterocycles. The summed E-state index contributed by atoms with van der Waals surface area (Å²) in [5.74, 6) is 1.84. The van der Waals surface area contributed by atoms with Gasteiger partial charge in [0.15, 0.2) is 0 Å². The zero-order valence-corrected chi connectivity index (χ0v) is 13.8. The lowest BCUT2D eigenvalue weighted by Crippen LogP contribution is -2.65. The fraction of sp³-hybridized carbons (Fsp3) is 1.00. The predicted octanol–water partition coefficient (Wildman–Crippen LogP) is 1.89. The summed E-state index contributed by atoms with van der Waals surface area (Å²) in [4.78, 5) is 2.74. The van der Waals surface area contributed by atoms with Gasteiger partial charge in [-0.3, -0.25) is 4.90 Å². The fourth-order valence-corrected chi connectivity index (χ4v) is 3.81. The van der Waals surface area contributed by atoms with Gasteiger partial charge in [-0.05, 0) is 50.9 Å². The Bertz CT molecular complexity index is 331. The smallest absolute Gasteiger partial charge is 0.0593 e. The third kappa shape index (κ3) is 3.98. The molecule has 122 valence electrons. The molecule has 3 fully saturated rings. The van der Waals surface area contributed by atoms with E-state index in [0.717, 1.165) is 50.7 Å². The molecule has 0 radical (unpaired) electrons. The highest BCUT2D eigenvalue weighted by Crippen LogP contribution is 2.45. The van der Waals surface area contributed by atoms with Crippen LogP contribution in [0.2, 0.25) is 0 Å². The van der Waals surface area contributed by atoms with Crippen molar-refractivity contribution in [1.82, 2.24) is 10.2 Å². The number of piperazine rings is 1. The van der Waals surface area contributed by atoms with E-state index in [0.29, 0.717) is 5.54 Å². The zero-order chi connectivity index (χ0) is 14.7. The SMILES string of the molecule is COCCCOCCN1CC(C2CC2)NCC1(C)C1CC1. The van der Waals surface area contributed by atoms with Crippen LogP contribution in [0.5, 0.6) is 0 Å². The Balaban J connectivity index is 1.46. The van der Waals surface area contributed by atoms with Gasteiger partial charge in [0.2, 0.25) is 0 Å². The number of hydrogen-bond acceptors (Lipinski definition) is 4. The molecule has 4 heteroatoms. The Kier molecular flexibility index (Phi) is 5.20. The summed E-state index contributed by atoms with van der Waals surface area (Å²) in [6, 6.07) is 0.727. The van der Waals surface area contributed by atoms with Crippen LogP contribution in [0.3, 0.4) is 0 Å². The molecule has 21 heavy (non-hydrogen) atoms. The summed E-state index contributed by atoms with van der Waals surface area (Å²) in [7, 11) is 1.75. The molecule has 0 bridgehead atoms. The van der Waals surface area contributed by atoms with Crippen molar-refractivity contribution >= 4 is 0 Å². The normalized spacial score (nSPS) is 34.3. The van der Waals surface area contributed by atoms with Gasteiger partial charge in [0.05, 0.1) is 6.61 Å². The van der Waals surface area contributed by atoms with Crippen LogP contribution in [-0.2, 0) is 9.47 Å². The molecular formula is C17H32N2O2. The lowest BCUT2D eigenvalue weighted by molar-refractivity contribution is 0.00167. The highest BCUT2D eigenvalue weighted by Gasteiger charge is 2.49. The minimum absolute atomic E-state index is 0.362. The molecular weight excluding hydrogens is 264 g/mol. The van der Waals surface area contributed by atoms with Crippen LogP contribution in [0.15, 0.2) is 0 Å². The molecule has 0 aromatic rings. The zero-order valence-electron chi connectivity index (χ0n) is 13.8. The van der Waals surface area contributed by atoms with E-state index < -0.39 is 0 Å². The van der Waals surface area contributed by atoms with E-state index in [2.05, 4.69) is 17.1 Å². The van der Waals surface area contributed by atoms with Crippen LogP contribution in [-0.4, -0.2) is 63.0 Å². The molecule has 0 aromatic carbocycles. The maximum Gasteiger partial charge on any atom is 0.0593 e. The highest BCUT2D eigenvalue weighted by molar-refractivity contribution is 5.06. The van der Waals surface area contributed by atoms with Gasteiger partial charge in [0, 0.05) is 51.5 Å². The molecule has 1 saturated heterocycles. The summed E-state index contributed by atoms with van der Waals surface area (Å²) >= 11 is 0. The monoisotopic (exact) mass is 296 g/mol. The Hall–Kier alpha value is -0.160. The van der Waals surface area contributed by atoms with Crippen LogP contribution in [0.25, 0.3) is 0 Å². The van der Waals surface area contributed by atoms with Crippen molar-refractivity contribution in [2.24, 2.45) is 11.8 Å². The van der Waals surface area contributed by atoms with E-state index in [-0.39, 0.29) is 0 Å².